The maximum Gasteiger partial charge on any atom is 0.0623 e. The van der Waals surface area contributed by atoms with Crippen molar-refractivity contribution in [2.45, 2.75) is 0 Å². The standard InChI is InChI=1S/C48H31N3/c1-3-13-34(14-4-1)50-44-21-11-8-18-37(44)40-27-31(23-25-46(40)50)33-29-39(48-42(30-33)36-17-7-10-20-43(36)49-48)32-24-26-47-41(28-32)38-19-9-12-22-45(38)51(47)35-15-5-2-6-16-35/h1-30,49H/i8D,9D. The molecule has 0 aliphatic carbocycles. The Kier molecular flexibility index (Phi) is 5.54. The van der Waals surface area contributed by atoms with Crippen molar-refractivity contribution in [2.24, 2.45) is 0 Å². The third-order valence-electron chi connectivity index (χ3n) is 10.5. The van der Waals surface area contributed by atoms with E-state index < -0.39 is 0 Å². The fourth-order valence-electron chi connectivity index (χ4n) is 8.22. The first-order valence-electron chi connectivity index (χ1n) is 18.3. The predicted octanol–water partition coefficient (Wildman–Crippen LogP) is 12.8. The molecule has 8 aromatic carbocycles. The summed E-state index contributed by atoms with van der Waals surface area (Å²) in [6.07, 6.45) is 0. The highest BCUT2D eigenvalue weighted by molar-refractivity contribution is 6.16. The number of hydrogen-bond acceptors (Lipinski definition) is 0. The van der Waals surface area contributed by atoms with E-state index in [9.17, 15) is 0 Å². The van der Waals surface area contributed by atoms with E-state index in [1.165, 1.54) is 10.8 Å². The largest absolute Gasteiger partial charge is 0.354 e. The average Bonchev–Trinajstić information content (AvgIpc) is 3.85. The molecular formula is C48H31N3. The molecule has 0 fully saturated rings. The Hall–Kier alpha value is -6.84. The molecule has 0 atom stereocenters. The van der Waals surface area contributed by atoms with Crippen LogP contribution >= 0.6 is 0 Å². The summed E-state index contributed by atoms with van der Waals surface area (Å²) in [5.74, 6) is 0. The Labute approximate surface area is 297 Å². The number of H-pyrrole nitrogens is 1. The highest BCUT2D eigenvalue weighted by Crippen LogP contribution is 2.42. The van der Waals surface area contributed by atoms with Crippen molar-refractivity contribution in [3.8, 4) is 33.6 Å². The van der Waals surface area contributed by atoms with E-state index in [1.807, 2.05) is 36.4 Å². The van der Waals surface area contributed by atoms with Crippen LogP contribution in [0.25, 0.3) is 99.0 Å². The van der Waals surface area contributed by atoms with Crippen LogP contribution in [0.15, 0.2) is 182 Å². The summed E-state index contributed by atoms with van der Waals surface area (Å²) in [6.45, 7) is 0. The van der Waals surface area contributed by atoms with Crippen LogP contribution in [0, 0.1) is 0 Å². The Balaban J connectivity index is 1.17. The van der Waals surface area contributed by atoms with Crippen LogP contribution in [0.1, 0.15) is 2.74 Å². The van der Waals surface area contributed by atoms with Crippen molar-refractivity contribution in [1.82, 2.24) is 14.1 Å². The monoisotopic (exact) mass is 651 g/mol. The summed E-state index contributed by atoms with van der Waals surface area (Å²) in [5.41, 5.74) is 13.3. The summed E-state index contributed by atoms with van der Waals surface area (Å²) >= 11 is 0. The number of rotatable bonds is 4. The average molecular weight is 652 g/mol. The number of aromatic amines is 1. The van der Waals surface area contributed by atoms with Gasteiger partial charge in [0.05, 0.1) is 30.3 Å². The van der Waals surface area contributed by atoms with Crippen molar-refractivity contribution < 1.29 is 2.74 Å². The molecule has 0 aliphatic heterocycles. The Morgan fingerprint density at radius 1 is 0.373 bits per heavy atom. The van der Waals surface area contributed by atoms with Crippen LogP contribution in [0.4, 0.5) is 0 Å². The summed E-state index contributed by atoms with van der Waals surface area (Å²) in [4.78, 5) is 3.77. The fraction of sp³-hybridized carbons (Fsp3) is 0. The predicted molar refractivity (Wildman–Crippen MR) is 215 cm³/mol. The minimum absolute atomic E-state index is 0.497. The number of nitrogens with one attached hydrogen (secondary N) is 1. The number of fused-ring (bicyclic) bond motifs is 9. The third kappa shape index (κ3) is 4.19. The van der Waals surface area contributed by atoms with Gasteiger partial charge >= 0.3 is 0 Å². The number of aromatic nitrogens is 3. The molecule has 51 heavy (non-hydrogen) atoms. The SMILES string of the molecule is [2H]c1ccc2c(c1)c1cc(-c3cc(-c4ccc5c(c4)c4cc([2H])ccc4n5-c4ccccc4)c4[nH]c5ccccc5c4c3)ccc1n2-c1ccccc1. The lowest BCUT2D eigenvalue weighted by Crippen LogP contribution is -1.93. The molecule has 11 rings (SSSR count). The quantitative estimate of drug-likeness (QED) is 0.196. The minimum atomic E-state index is 0.497. The van der Waals surface area contributed by atoms with E-state index in [0.717, 1.165) is 88.3 Å². The van der Waals surface area contributed by atoms with Crippen LogP contribution in [0.5, 0.6) is 0 Å². The highest BCUT2D eigenvalue weighted by atomic mass is 15.0. The third-order valence-corrected chi connectivity index (χ3v) is 10.5. The zero-order valence-corrected chi connectivity index (χ0v) is 27.6. The van der Waals surface area contributed by atoms with Gasteiger partial charge in [-0.3, -0.25) is 0 Å². The van der Waals surface area contributed by atoms with Gasteiger partial charge in [0.2, 0.25) is 0 Å². The lowest BCUT2D eigenvalue weighted by molar-refractivity contribution is 1.18. The molecule has 0 radical (unpaired) electrons. The Morgan fingerprint density at radius 2 is 0.902 bits per heavy atom. The summed E-state index contributed by atoms with van der Waals surface area (Å²) < 4.78 is 21.6. The van der Waals surface area contributed by atoms with Crippen LogP contribution < -0.4 is 0 Å². The zero-order valence-electron chi connectivity index (χ0n) is 29.6. The van der Waals surface area contributed by atoms with Crippen molar-refractivity contribution in [3.05, 3.63) is 182 Å². The van der Waals surface area contributed by atoms with Gasteiger partial charge in [-0.1, -0.05) is 103 Å². The molecule has 0 unspecified atom stereocenters. The molecule has 0 aliphatic rings. The highest BCUT2D eigenvalue weighted by Gasteiger charge is 2.18. The normalized spacial score (nSPS) is 12.5. The van der Waals surface area contributed by atoms with E-state index in [2.05, 4.69) is 148 Å². The first-order valence-corrected chi connectivity index (χ1v) is 17.3. The Morgan fingerprint density at radius 3 is 1.55 bits per heavy atom. The first-order chi connectivity index (χ1) is 26.1. The number of para-hydroxylation sites is 5. The second-order valence-corrected chi connectivity index (χ2v) is 13.3. The molecule has 0 saturated heterocycles. The van der Waals surface area contributed by atoms with E-state index in [0.29, 0.717) is 12.1 Å². The van der Waals surface area contributed by atoms with Crippen molar-refractivity contribution in [2.75, 3.05) is 0 Å². The molecule has 1 N–H and O–H groups in total. The molecule has 3 nitrogen and oxygen atoms in total. The molecule has 0 amide bonds. The van der Waals surface area contributed by atoms with Gasteiger partial charge in [-0.15, -0.1) is 0 Å². The van der Waals surface area contributed by atoms with Crippen molar-refractivity contribution in [3.63, 3.8) is 0 Å². The van der Waals surface area contributed by atoms with Gasteiger partial charge in [0, 0.05) is 54.8 Å². The molecule has 3 heteroatoms. The topological polar surface area (TPSA) is 25.6 Å². The summed E-state index contributed by atoms with van der Waals surface area (Å²) in [5, 5.41) is 6.74. The van der Waals surface area contributed by atoms with Crippen molar-refractivity contribution >= 4 is 65.4 Å². The molecule has 3 heterocycles. The molecule has 0 spiro atoms. The molecule has 11 aromatic rings. The van der Waals surface area contributed by atoms with Crippen molar-refractivity contribution in [1.29, 1.82) is 0 Å². The maximum absolute atomic E-state index is 8.52. The van der Waals surface area contributed by atoms with E-state index in [1.54, 1.807) is 0 Å². The second-order valence-electron chi connectivity index (χ2n) is 13.3. The smallest absolute Gasteiger partial charge is 0.0623 e. The molecule has 238 valence electrons. The molecule has 3 aromatic heterocycles. The molecule has 0 bridgehead atoms. The summed E-state index contributed by atoms with van der Waals surface area (Å²) in [7, 11) is 0. The fourth-order valence-corrected chi connectivity index (χ4v) is 8.22. The maximum atomic E-state index is 8.52. The van der Waals surface area contributed by atoms with Gasteiger partial charge in [0.15, 0.2) is 0 Å². The van der Waals surface area contributed by atoms with Gasteiger partial charge in [-0.25, -0.2) is 0 Å². The lowest BCUT2D eigenvalue weighted by atomic mass is 9.94. The lowest BCUT2D eigenvalue weighted by Gasteiger charge is -2.11. The molecular weight excluding hydrogens is 619 g/mol. The Bertz CT molecular complexity index is 3240. The number of nitrogens with zero attached hydrogens (tertiary/aromatic N) is 2. The van der Waals surface area contributed by atoms with Gasteiger partial charge in [-0.2, -0.15) is 0 Å². The van der Waals surface area contributed by atoms with Gasteiger partial charge in [0.25, 0.3) is 0 Å². The van der Waals surface area contributed by atoms with Gasteiger partial charge < -0.3 is 14.1 Å². The van der Waals surface area contributed by atoms with Gasteiger partial charge in [0.1, 0.15) is 0 Å². The van der Waals surface area contributed by atoms with E-state index in [4.69, 9.17) is 2.74 Å². The number of hydrogen-bond donors (Lipinski definition) is 1. The van der Waals surface area contributed by atoms with E-state index >= 15 is 0 Å². The summed E-state index contributed by atoms with van der Waals surface area (Å²) in [6, 6.07) is 60.4. The zero-order chi connectivity index (χ0) is 35.2. The minimum Gasteiger partial charge on any atom is -0.354 e. The van der Waals surface area contributed by atoms with Crippen LogP contribution in [0.3, 0.4) is 0 Å². The van der Waals surface area contributed by atoms with E-state index in [-0.39, 0.29) is 0 Å². The molecule has 0 saturated carbocycles. The first kappa shape index (κ1) is 26.1. The van der Waals surface area contributed by atoms with Gasteiger partial charge in [-0.05, 0) is 95.6 Å². The number of benzene rings is 8. The van der Waals surface area contributed by atoms with Crippen LogP contribution in [0.2, 0.25) is 0 Å². The van der Waals surface area contributed by atoms with Crippen LogP contribution in [-0.4, -0.2) is 14.1 Å². The second kappa shape index (κ2) is 10.8. The van der Waals surface area contributed by atoms with Crippen LogP contribution in [-0.2, 0) is 0 Å².